The molecule has 4 aliphatic rings. The zero-order valence-corrected chi connectivity index (χ0v) is 19.1. The predicted octanol–water partition coefficient (Wildman–Crippen LogP) is 4.61. The van der Waals surface area contributed by atoms with Crippen molar-refractivity contribution in [2.24, 2.45) is 11.3 Å². The van der Waals surface area contributed by atoms with Crippen LogP contribution in [-0.2, 0) is 11.8 Å². The van der Waals surface area contributed by atoms with Crippen molar-refractivity contribution in [2.45, 2.75) is 62.4 Å². The number of nitrogens with zero attached hydrogens (tertiary/aromatic N) is 1. The van der Waals surface area contributed by atoms with E-state index in [9.17, 15) is 14.3 Å². The lowest BCUT2D eigenvalue weighted by atomic mass is 9.43. The van der Waals surface area contributed by atoms with Crippen LogP contribution in [0.15, 0.2) is 48.5 Å². The van der Waals surface area contributed by atoms with Crippen molar-refractivity contribution in [2.75, 3.05) is 19.8 Å². The standard InChI is InChI=1S/C28H33FN2O2/c29-14-4-15-31-16-13-28-22-9-11-27(28,25(31)17-20-7-8-21(32)18-23(20)28)12-10-24(22)30-26(33)19-5-2-1-3-6-19/h1-3,5-8,18,22,24-25,32H,4,9-17H2,(H,30,33). The first-order valence-electron chi connectivity index (χ1n) is 12.6. The Morgan fingerprint density at radius 1 is 1.12 bits per heavy atom. The van der Waals surface area contributed by atoms with Crippen LogP contribution in [0.4, 0.5) is 4.39 Å². The lowest BCUT2D eigenvalue weighted by molar-refractivity contribution is -0.0939. The molecule has 0 radical (unpaired) electrons. The van der Waals surface area contributed by atoms with Gasteiger partial charge in [-0.05, 0) is 98.2 Å². The second kappa shape index (κ2) is 7.83. The monoisotopic (exact) mass is 448 g/mol. The second-order valence-corrected chi connectivity index (χ2v) is 10.6. The Morgan fingerprint density at radius 2 is 1.94 bits per heavy atom. The van der Waals surface area contributed by atoms with Gasteiger partial charge in [-0.3, -0.25) is 14.1 Å². The van der Waals surface area contributed by atoms with Crippen molar-refractivity contribution in [1.29, 1.82) is 0 Å². The van der Waals surface area contributed by atoms with Gasteiger partial charge in [0.15, 0.2) is 0 Å². The molecular formula is C28H33FN2O2. The van der Waals surface area contributed by atoms with E-state index in [1.165, 1.54) is 11.1 Å². The first-order valence-corrected chi connectivity index (χ1v) is 12.6. The number of hydrogen-bond acceptors (Lipinski definition) is 3. The van der Waals surface area contributed by atoms with Crippen LogP contribution in [-0.4, -0.2) is 47.8 Å². The number of nitrogens with one attached hydrogen (secondary N) is 1. The summed E-state index contributed by atoms with van der Waals surface area (Å²) >= 11 is 0. The van der Waals surface area contributed by atoms with Crippen molar-refractivity contribution in [1.82, 2.24) is 10.2 Å². The highest BCUT2D eigenvalue weighted by Crippen LogP contribution is 2.72. The number of carbonyl (C=O) groups is 1. The molecule has 5 unspecified atom stereocenters. The molecule has 1 saturated heterocycles. The van der Waals surface area contributed by atoms with E-state index < -0.39 is 0 Å². The van der Waals surface area contributed by atoms with Crippen LogP contribution < -0.4 is 5.32 Å². The molecule has 4 nitrogen and oxygen atoms in total. The quantitative estimate of drug-likeness (QED) is 0.703. The molecule has 5 atom stereocenters. The van der Waals surface area contributed by atoms with Gasteiger partial charge in [0.2, 0.25) is 0 Å². The molecule has 33 heavy (non-hydrogen) atoms. The average Bonchev–Trinajstić information content (AvgIpc) is 3.09. The fourth-order valence-electron chi connectivity index (χ4n) is 8.49. The van der Waals surface area contributed by atoms with Gasteiger partial charge in [-0.2, -0.15) is 0 Å². The molecule has 1 aliphatic heterocycles. The number of piperidine rings is 1. The number of hydrogen-bond donors (Lipinski definition) is 2. The molecule has 3 fully saturated rings. The van der Waals surface area contributed by atoms with Gasteiger partial charge in [-0.15, -0.1) is 0 Å². The third-order valence-corrected chi connectivity index (χ3v) is 9.60. The zero-order valence-electron chi connectivity index (χ0n) is 19.1. The summed E-state index contributed by atoms with van der Waals surface area (Å²) in [5.41, 5.74) is 3.50. The van der Waals surface area contributed by atoms with Gasteiger partial charge in [-0.1, -0.05) is 24.3 Å². The third-order valence-electron chi connectivity index (χ3n) is 9.60. The van der Waals surface area contributed by atoms with Gasteiger partial charge >= 0.3 is 0 Å². The number of rotatable bonds is 5. The van der Waals surface area contributed by atoms with Crippen molar-refractivity contribution >= 4 is 5.91 Å². The fourth-order valence-corrected chi connectivity index (χ4v) is 8.49. The molecule has 6 rings (SSSR count). The van der Waals surface area contributed by atoms with Gasteiger partial charge in [0.1, 0.15) is 5.75 Å². The van der Waals surface area contributed by atoms with E-state index in [0.29, 0.717) is 29.7 Å². The maximum absolute atomic E-state index is 13.1. The molecule has 1 heterocycles. The molecule has 174 valence electrons. The van der Waals surface area contributed by atoms with Crippen LogP contribution in [0.25, 0.3) is 0 Å². The van der Waals surface area contributed by atoms with Gasteiger partial charge in [0.05, 0.1) is 6.67 Å². The van der Waals surface area contributed by atoms with Gasteiger partial charge in [0.25, 0.3) is 5.91 Å². The van der Waals surface area contributed by atoms with Crippen LogP contribution >= 0.6 is 0 Å². The maximum Gasteiger partial charge on any atom is 0.251 e. The highest BCUT2D eigenvalue weighted by atomic mass is 19.1. The molecular weight excluding hydrogens is 415 g/mol. The lowest BCUT2D eigenvalue weighted by Crippen LogP contribution is -2.70. The van der Waals surface area contributed by atoms with E-state index >= 15 is 0 Å². The molecule has 5 heteroatoms. The van der Waals surface area contributed by atoms with Gasteiger partial charge in [0, 0.05) is 29.6 Å². The minimum atomic E-state index is -0.262. The van der Waals surface area contributed by atoms with E-state index in [4.69, 9.17) is 0 Å². The Bertz CT molecular complexity index is 1060. The highest BCUT2D eigenvalue weighted by Gasteiger charge is 2.71. The van der Waals surface area contributed by atoms with Crippen molar-refractivity contribution in [3.63, 3.8) is 0 Å². The predicted molar refractivity (Wildman–Crippen MR) is 126 cm³/mol. The number of phenols is 1. The molecule has 0 aromatic heterocycles. The number of phenolic OH excluding ortho intramolecular Hbond substituents is 1. The number of likely N-dealkylation sites (tertiary alicyclic amines) is 1. The van der Waals surface area contributed by atoms with Gasteiger partial charge in [-0.25, -0.2) is 0 Å². The summed E-state index contributed by atoms with van der Waals surface area (Å²) in [4.78, 5) is 15.7. The molecule has 0 spiro atoms. The number of fused-ring (bicyclic) bond motifs is 1. The molecule has 2 aromatic rings. The summed E-state index contributed by atoms with van der Waals surface area (Å²) in [5, 5.41) is 13.9. The van der Waals surface area contributed by atoms with Crippen LogP contribution in [0.1, 0.15) is 60.0 Å². The summed E-state index contributed by atoms with van der Waals surface area (Å²) < 4.78 is 13.1. The van der Waals surface area contributed by atoms with Crippen molar-refractivity contribution in [3.8, 4) is 5.75 Å². The Labute approximate surface area is 195 Å². The molecule has 1 amide bonds. The SMILES string of the molecule is O=C(NC1CCC23CCC1C21CCN(CCCF)C3Cc2ccc(O)cc21)c1ccccc1. The number of amides is 1. The summed E-state index contributed by atoms with van der Waals surface area (Å²) in [7, 11) is 0. The Balaban J connectivity index is 1.40. The number of alkyl halides is 1. The zero-order chi connectivity index (χ0) is 22.6. The Hall–Kier alpha value is -2.40. The molecule has 3 aliphatic carbocycles. The van der Waals surface area contributed by atoms with E-state index in [1.807, 2.05) is 42.5 Å². The van der Waals surface area contributed by atoms with E-state index in [2.05, 4.69) is 16.3 Å². The average molecular weight is 449 g/mol. The first-order chi connectivity index (χ1) is 16.1. The number of aromatic hydroxyl groups is 1. The maximum atomic E-state index is 13.1. The summed E-state index contributed by atoms with van der Waals surface area (Å²) in [5.74, 6) is 0.720. The largest absolute Gasteiger partial charge is 0.508 e. The van der Waals surface area contributed by atoms with E-state index in [1.54, 1.807) is 0 Å². The fraction of sp³-hybridized carbons (Fsp3) is 0.536. The van der Waals surface area contributed by atoms with Crippen molar-refractivity contribution < 1.29 is 14.3 Å². The first kappa shape index (κ1) is 21.2. The topological polar surface area (TPSA) is 52.6 Å². The molecule has 4 bridgehead atoms. The van der Waals surface area contributed by atoms with E-state index in [0.717, 1.165) is 51.6 Å². The summed E-state index contributed by atoms with van der Waals surface area (Å²) in [6.07, 6.45) is 6.93. The number of carbonyl (C=O) groups excluding carboxylic acids is 1. The second-order valence-electron chi connectivity index (χ2n) is 10.6. The lowest BCUT2D eigenvalue weighted by Gasteiger charge is -2.66. The van der Waals surface area contributed by atoms with Crippen LogP contribution in [0, 0.1) is 11.3 Å². The normalized spacial score (nSPS) is 34.4. The highest BCUT2D eigenvalue weighted by molar-refractivity contribution is 5.94. The van der Waals surface area contributed by atoms with E-state index in [-0.39, 0.29) is 29.5 Å². The Morgan fingerprint density at radius 3 is 2.76 bits per heavy atom. The van der Waals surface area contributed by atoms with Gasteiger partial charge < -0.3 is 10.4 Å². The Kier molecular flexibility index (Phi) is 5.02. The summed E-state index contributed by atoms with van der Waals surface area (Å²) in [6.45, 7) is 1.53. The molecule has 2 aromatic carbocycles. The minimum Gasteiger partial charge on any atom is -0.508 e. The minimum absolute atomic E-state index is 0.0141. The van der Waals surface area contributed by atoms with Crippen LogP contribution in [0.5, 0.6) is 5.75 Å². The summed E-state index contributed by atoms with van der Waals surface area (Å²) in [6, 6.07) is 16.0. The number of benzene rings is 2. The van der Waals surface area contributed by atoms with Crippen LogP contribution in [0.2, 0.25) is 0 Å². The molecule has 2 N–H and O–H groups in total. The number of halogens is 1. The molecule has 2 saturated carbocycles. The smallest absolute Gasteiger partial charge is 0.251 e. The van der Waals surface area contributed by atoms with Crippen molar-refractivity contribution in [3.05, 3.63) is 65.2 Å². The van der Waals surface area contributed by atoms with Crippen LogP contribution in [0.3, 0.4) is 0 Å². The third kappa shape index (κ3) is 2.94.